The highest BCUT2D eigenvalue weighted by Gasteiger charge is 2.27. The number of nitrogens with one attached hydrogen (secondary N) is 1. The third-order valence-corrected chi connectivity index (χ3v) is 4.09. The summed E-state index contributed by atoms with van der Waals surface area (Å²) < 4.78 is 5.43. The Labute approximate surface area is 116 Å². The normalized spacial score (nSPS) is 11.6. The molecule has 0 heterocycles. The van der Waals surface area contributed by atoms with Crippen molar-refractivity contribution in [2.75, 3.05) is 20.7 Å². The molecule has 0 unspecified atom stereocenters. The minimum absolute atomic E-state index is 0.271. The van der Waals surface area contributed by atoms with Crippen LogP contribution in [0.25, 0.3) is 0 Å². The molecule has 0 amide bonds. The van der Waals surface area contributed by atoms with E-state index in [0.717, 1.165) is 36.6 Å². The third-order valence-electron chi connectivity index (χ3n) is 3.86. The molecule has 0 saturated heterocycles. The van der Waals surface area contributed by atoms with E-state index in [4.69, 9.17) is 16.3 Å². The Kier molecular flexibility index (Phi) is 5.97. The first kappa shape index (κ1) is 15.3. The Balaban J connectivity index is 3.02. The van der Waals surface area contributed by atoms with E-state index in [1.807, 2.05) is 25.2 Å². The summed E-state index contributed by atoms with van der Waals surface area (Å²) in [5.41, 5.74) is 1.47. The molecule has 0 atom stereocenters. The summed E-state index contributed by atoms with van der Waals surface area (Å²) >= 11 is 6.09. The standard InChI is InChI=1S/C15H24ClNO/c1-5-15(6-2,11-17-3)10-12-9-13(16)7-8-14(12)18-4/h7-9,17H,5-6,10-11H2,1-4H3. The van der Waals surface area contributed by atoms with Gasteiger partial charge in [0.25, 0.3) is 0 Å². The minimum atomic E-state index is 0.271. The second-order valence-electron chi connectivity index (χ2n) is 4.87. The summed E-state index contributed by atoms with van der Waals surface area (Å²) in [6, 6.07) is 5.85. The number of halogens is 1. The fourth-order valence-corrected chi connectivity index (χ4v) is 2.67. The van der Waals surface area contributed by atoms with Crippen molar-refractivity contribution in [1.29, 1.82) is 0 Å². The van der Waals surface area contributed by atoms with Gasteiger partial charge in [0.2, 0.25) is 0 Å². The Morgan fingerprint density at radius 1 is 1.28 bits per heavy atom. The first-order chi connectivity index (χ1) is 8.60. The van der Waals surface area contributed by atoms with Gasteiger partial charge in [-0.25, -0.2) is 0 Å². The second-order valence-corrected chi connectivity index (χ2v) is 5.31. The summed E-state index contributed by atoms with van der Waals surface area (Å²) in [6.45, 7) is 5.51. The number of benzene rings is 1. The molecular formula is C15H24ClNO. The maximum Gasteiger partial charge on any atom is 0.122 e. The summed E-state index contributed by atoms with van der Waals surface area (Å²) in [6.07, 6.45) is 3.27. The van der Waals surface area contributed by atoms with Gasteiger partial charge in [0, 0.05) is 11.6 Å². The van der Waals surface area contributed by atoms with Crippen LogP contribution in [0.5, 0.6) is 5.75 Å². The van der Waals surface area contributed by atoms with Gasteiger partial charge in [0.05, 0.1) is 7.11 Å². The van der Waals surface area contributed by atoms with Crippen LogP contribution in [-0.4, -0.2) is 20.7 Å². The van der Waals surface area contributed by atoms with Crippen LogP contribution in [-0.2, 0) is 6.42 Å². The van der Waals surface area contributed by atoms with Gasteiger partial charge in [-0.2, -0.15) is 0 Å². The summed E-state index contributed by atoms with van der Waals surface area (Å²) in [5, 5.41) is 4.08. The van der Waals surface area contributed by atoms with Gasteiger partial charge < -0.3 is 10.1 Å². The van der Waals surface area contributed by atoms with E-state index in [9.17, 15) is 0 Å². The average Bonchev–Trinajstić information content (AvgIpc) is 2.38. The molecule has 1 N–H and O–H groups in total. The van der Waals surface area contributed by atoms with Gasteiger partial charge >= 0.3 is 0 Å². The van der Waals surface area contributed by atoms with E-state index in [-0.39, 0.29) is 5.41 Å². The van der Waals surface area contributed by atoms with E-state index < -0.39 is 0 Å². The lowest BCUT2D eigenvalue weighted by molar-refractivity contribution is 0.249. The first-order valence-corrected chi connectivity index (χ1v) is 6.95. The number of hydrogen-bond acceptors (Lipinski definition) is 2. The molecule has 2 nitrogen and oxygen atoms in total. The molecule has 0 aliphatic carbocycles. The zero-order chi connectivity index (χ0) is 13.6. The number of ether oxygens (including phenoxy) is 1. The molecule has 1 rings (SSSR count). The molecule has 102 valence electrons. The van der Waals surface area contributed by atoms with Gasteiger partial charge in [0.15, 0.2) is 0 Å². The van der Waals surface area contributed by atoms with E-state index >= 15 is 0 Å². The van der Waals surface area contributed by atoms with Crippen LogP contribution in [0.3, 0.4) is 0 Å². The van der Waals surface area contributed by atoms with Crippen LogP contribution in [0.1, 0.15) is 32.3 Å². The van der Waals surface area contributed by atoms with Gasteiger partial charge in [-0.3, -0.25) is 0 Å². The zero-order valence-electron chi connectivity index (χ0n) is 11.8. The second kappa shape index (κ2) is 7.01. The van der Waals surface area contributed by atoms with E-state index in [1.165, 1.54) is 5.56 Å². The minimum Gasteiger partial charge on any atom is -0.496 e. The monoisotopic (exact) mass is 269 g/mol. The zero-order valence-corrected chi connectivity index (χ0v) is 12.6. The molecule has 1 aromatic rings. The SMILES string of the molecule is CCC(CC)(CNC)Cc1cc(Cl)ccc1OC. The fourth-order valence-electron chi connectivity index (χ4n) is 2.48. The van der Waals surface area contributed by atoms with E-state index in [1.54, 1.807) is 7.11 Å². The van der Waals surface area contributed by atoms with Crippen LogP contribution < -0.4 is 10.1 Å². The van der Waals surface area contributed by atoms with Crippen molar-refractivity contribution in [3.63, 3.8) is 0 Å². The molecule has 0 fully saturated rings. The van der Waals surface area contributed by atoms with Crippen LogP contribution in [0.2, 0.25) is 5.02 Å². The predicted molar refractivity (Wildman–Crippen MR) is 78.6 cm³/mol. The van der Waals surface area contributed by atoms with Gasteiger partial charge in [-0.15, -0.1) is 0 Å². The number of hydrogen-bond donors (Lipinski definition) is 1. The molecule has 0 saturated carbocycles. The molecule has 0 aromatic heterocycles. The summed E-state index contributed by atoms with van der Waals surface area (Å²) in [4.78, 5) is 0. The lowest BCUT2D eigenvalue weighted by Gasteiger charge is -2.32. The highest BCUT2D eigenvalue weighted by atomic mass is 35.5. The van der Waals surface area contributed by atoms with E-state index in [2.05, 4.69) is 19.2 Å². The Bertz CT molecular complexity index is 375. The summed E-state index contributed by atoms with van der Waals surface area (Å²) in [7, 11) is 3.72. The van der Waals surface area contributed by atoms with Crippen LogP contribution in [0.15, 0.2) is 18.2 Å². The molecule has 18 heavy (non-hydrogen) atoms. The quantitative estimate of drug-likeness (QED) is 0.810. The fraction of sp³-hybridized carbons (Fsp3) is 0.600. The van der Waals surface area contributed by atoms with Crippen molar-refractivity contribution in [3.8, 4) is 5.75 Å². The lowest BCUT2D eigenvalue weighted by atomic mass is 9.76. The molecule has 0 bridgehead atoms. The Morgan fingerprint density at radius 3 is 2.44 bits per heavy atom. The Morgan fingerprint density at radius 2 is 1.94 bits per heavy atom. The maximum absolute atomic E-state index is 6.09. The molecule has 1 aromatic carbocycles. The van der Waals surface area contributed by atoms with Crippen molar-refractivity contribution in [2.45, 2.75) is 33.1 Å². The molecule has 0 radical (unpaired) electrons. The van der Waals surface area contributed by atoms with Gasteiger partial charge in [0.1, 0.15) is 5.75 Å². The van der Waals surface area contributed by atoms with Crippen LogP contribution in [0, 0.1) is 5.41 Å². The molecule has 0 aliphatic rings. The topological polar surface area (TPSA) is 21.3 Å². The average molecular weight is 270 g/mol. The van der Waals surface area contributed by atoms with Crippen LogP contribution in [0.4, 0.5) is 0 Å². The van der Waals surface area contributed by atoms with Crippen molar-refractivity contribution in [1.82, 2.24) is 5.32 Å². The predicted octanol–water partition coefficient (Wildman–Crippen LogP) is 3.92. The maximum atomic E-state index is 6.09. The van der Waals surface area contributed by atoms with Gasteiger partial charge in [-0.05, 0) is 55.5 Å². The Hall–Kier alpha value is -0.730. The highest BCUT2D eigenvalue weighted by Crippen LogP contribution is 2.34. The highest BCUT2D eigenvalue weighted by molar-refractivity contribution is 6.30. The van der Waals surface area contributed by atoms with Gasteiger partial charge in [-0.1, -0.05) is 25.4 Å². The smallest absolute Gasteiger partial charge is 0.122 e. The third kappa shape index (κ3) is 3.63. The largest absolute Gasteiger partial charge is 0.496 e. The van der Waals surface area contributed by atoms with Crippen molar-refractivity contribution < 1.29 is 4.74 Å². The number of methoxy groups -OCH3 is 1. The molecule has 0 spiro atoms. The summed E-state index contributed by atoms with van der Waals surface area (Å²) in [5.74, 6) is 0.932. The van der Waals surface area contributed by atoms with Crippen molar-refractivity contribution >= 4 is 11.6 Å². The number of rotatable bonds is 7. The van der Waals surface area contributed by atoms with Crippen molar-refractivity contribution in [3.05, 3.63) is 28.8 Å². The molecule has 0 aliphatic heterocycles. The lowest BCUT2D eigenvalue weighted by Crippen LogP contribution is -2.33. The molecular weight excluding hydrogens is 246 g/mol. The van der Waals surface area contributed by atoms with Crippen LogP contribution >= 0.6 is 11.6 Å². The van der Waals surface area contributed by atoms with Crippen molar-refractivity contribution in [2.24, 2.45) is 5.41 Å². The van der Waals surface area contributed by atoms with E-state index in [0.29, 0.717) is 0 Å². The first-order valence-electron chi connectivity index (χ1n) is 6.57. The molecule has 3 heteroatoms.